The van der Waals surface area contributed by atoms with Gasteiger partial charge in [0.05, 0.1) is 17.9 Å². The van der Waals surface area contributed by atoms with Gasteiger partial charge in [-0.25, -0.2) is 4.79 Å². The normalized spacial score (nSPS) is 12.0. The van der Waals surface area contributed by atoms with Crippen LogP contribution < -0.4 is 5.32 Å². The smallest absolute Gasteiger partial charge is 0.405 e. The summed E-state index contributed by atoms with van der Waals surface area (Å²) in [6, 6.07) is 20.4. The van der Waals surface area contributed by atoms with Crippen LogP contribution in [0.3, 0.4) is 0 Å². The van der Waals surface area contributed by atoms with Crippen LogP contribution in [0, 0.1) is 0 Å². The van der Waals surface area contributed by atoms with Gasteiger partial charge < -0.3 is 14.9 Å². The highest BCUT2D eigenvalue weighted by Gasteiger charge is 2.22. The minimum Gasteiger partial charge on any atom is -0.465 e. The second-order valence-corrected chi connectivity index (χ2v) is 7.74. The SMILES string of the molecule is Cn1cc(-c2cccc(C[C@H](NC(=O)O)c3ccccc3-c3noc4ccccc34)n2)cn1. The van der Waals surface area contributed by atoms with Crippen molar-refractivity contribution in [1.29, 1.82) is 0 Å². The molecule has 3 aromatic heterocycles. The first-order chi connectivity index (χ1) is 16.1. The molecule has 5 rings (SSSR count). The van der Waals surface area contributed by atoms with Crippen LogP contribution >= 0.6 is 0 Å². The van der Waals surface area contributed by atoms with Gasteiger partial charge in [-0.2, -0.15) is 5.10 Å². The Balaban J connectivity index is 1.54. The molecule has 2 aromatic carbocycles. The number of amides is 1. The van der Waals surface area contributed by atoms with Crippen molar-refractivity contribution in [2.24, 2.45) is 7.05 Å². The number of pyridine rings is 1. The van der Waals surface area contributed by atoms with Crippen LogP contribution in [-0.2, 0) is 13.5 Å². The van der Waals surface area contributed by atoms with E-state index in [4.69, 9.17) is 9.51 Å². The van der Waals surface area contributed by atoms with Crippen molar-refractivity contribution < 1.29 is 14.4 Å². The highest BCUT2D eigenvalue weighted by Crippen LogP contribution is 2.34. The van der Waals surface area contributed by atoms with E-state index in [1.54, 1.807) is 10.9 Å². The average Bonchev–Trinajstić information content (AvgIpc) is 3.45. The number of fused-ring (bicyclic) bond motifs is 1. The van der Waals surface area contributed by atoms with Gasteiger partial charge in [0.1, 0.15) is 5.69 Å². The zero-order valence-corrected chi connectivity index (χ0v) is 17.8. The maximum absolute atomic E-state index is 11.7. The number of hydrogen-bond acceptors (Lipinski definition) is 5. The van der Waals surface area contributed by atoms with E-state index in [0.717, 1.165) is 33.5 Å². The van der Waals surface area contributed by atoms with Crippen LogP contribution in [0.5, 0.6) is 0 Å². The standard InChI is InChI=1S/C25H21N5O3/c1-30-15-16(14-26-30)21-11-6-7-17(27-21)13-22(28-25(31)32)18-8-2-3-9-19(18)24-20-10-4-5-12-23(20)33-29-24/h2-12,14-15,22,28H,13H2,1H3,(H,31,32)/t22-/m0/s1. The molecule has 8 nitrogen and oxygen atoms in total. The molecular weight excluding hydrogens is 418 g/mol. The van der Waals surface area contributed by atoms with E-state index in [0.29, 0.717) is 17.7 Å². The van der Waals surface area contributed by atoms with E-state index in [9.17, 15) is 9.90 Å². The summed E-state index contributed by atoms with van der Waals surface area (Å²) in [4.78, 5) is 16.4. The zero-order chi connectivity index (χ0) is 22.8. The van der Waals surface area contributed by atoms with Crippen molar-refractivity contribution in [3.05, 3.63) is 90.4 Å². The maximum Gasteiger partial charge on any atom is 0.405 e. The minimum atomic E-state index is -1.11. The van der Waals surface area contributed by atoms with Gasteiger partial charge in [0.15, 0.2) is 5.58 Å². The number of para-hydroxylation sites is 1. The third-order valence-corrected chi connectivity index (χ3v) is 5.49. The summed E-state index contributed by atoms with van der Waals surface area (Å²) < 4.78 is 7.22. The van der Waals surface area contributed by atoms with E-state index in [2.05, 4.69) is 15.6 Å². The van der Waals surface area contributed by atoms with Crippen molar-refractivity contribution in [3.63, 3.8) is 0 Å². The molecule has 0 spiro atoms. The molecule has 5 aromatic rings. The summed E-state index contributed by atoms with van der Waals surface area (Å²) in [6.07, 6.45) is 2.91. The van der Waals surface area contributed by atoms with Crippen molar-refractivity contribution in [3.8, 4) is 22.5 Å². The summed E-state index contributed by atoms with van der Waals surface area (Å²) in [7, 11) is 1.85. The first-order valence-corrected chi connectivity index (χ1v) is 10.5. The first-order valence-electron chi connectivity index (χ1n) is 10.5. The van der Waals surface area contributed by atoms with E-state index < -0.39 is 12.1 Å². The minimum absolute atomic E-state index is 0.368. The maximum atomic E-state index is 11.7. The topological polar surface area (TPSA) is 106 Å². The molecule has 8 heteroatoms. The molecule has 0 saturated heterocycles. The van der Waals surface area contributed by atoms with Gasteiger partial charge in [-0.15, -0.1) is 0 Å². The second-order valence-electron chi connectivity index (χ2n) is 7.74. The van der Waals surface area contributed by atoms with Crippen molar-refractivity contribution in [2.75, 3.05) is 0 Å². The molecule has 1 atom stereocenters. The Morgan fingerprint density at radius 1 is 1.09 bits per heavy atom. The van der Waals surface area contributed by atoms with Gasteiger partial charge in [0.25, 0.3) is 0 Å². The number of aromatic nitrogens is 4. The van der Waals surface area contributed by atoms with Crippen molar-refractivity contribution >= 4 is 17.1 Å². The molecule has 0 fully saturated rings. The number of benzene rings is 2. The van der Waals surface area contributed by atoms with Crippen molar-refractivity contribution in [2.45, 2.75) is 12.5 Å². The number of carboxylic acid groups (broad SMARTS) is 1. The zero-order valence-electron chi connectivity index (χ0n) is 17.8. The van der Waals surface area contributed by atoms with E-state index >= 15 is 0 Å². The van der Waals surface area contributed by atoms with Gasteiger partial charge in [-0.1, -0.05) is 47.6 Å². The number of hydrogen-bond donors (Lipinski definition) is 2. The lowest BCUT2D eigenvalue weighted by atomic mass is 9.93. The van der Waals surface area contributed by atoms with Crippen LogP contribution in [-0.4, -0.2) is 31.1 Å². The summed E-state index contributed by atoms with van der Waals surface area (Å²) in [5, 5.41) is 21.6. The third-order valence-electron chi connectivity index (χ3n) is 5.49. The molecule has 2 N–H and O–H groups in total. The Hall–Kier alpha value is -4.46. The molecule has 1 amide bonds. The average molecular weight is 439 g/mol. The number of nitrogens with zero attached hydrogens (tertiary/aromatic N) is 4. The predicted octanol–water partition coefficient (Wildman–Crippen LogP) is 4.84. The van der Waals surface area contributed by atoms with Crippen LogP contribution in [0.1, 0.15) is 17.3 Å². The fraction of sp³-hybridized carbons (Fsp3) is 0.120. The molecule has 33 heavy (non-hydrogen) atoms. The van der Waals surface area contributed by atoms with Crippen LogP contribution in [0.25, 0.3) is 33.5 Å². The highest BCUT2D eigenvalue weighted by atomic mass is 16.5. The van der Waals surface area contributed by atoms with Crippen LogP contribution in [0.15, 0.2) is 83.6 Å². The quantitative estimate of drug-likeness (QED) is 0.392. The van der Waals surface area contributed by atoms with Crippen LogP contribution in [0.2, 0.25) is 0 Å². The number of nitrogens with one attached hydrogen (secondary N) is 1. The molecule has 3 heterocycles. The van der Waals surface area contributed by atoms with E-state index in [1.165, 1.54) is 0 Å². The Kier molecular flexibility index (Phi) is 5.32. The number of rotatable bonds is 6. The molecule has 0 aliphatic heterocycles. The molecular formula is C25H21N5O3. The summed E-state index contributed by atoms with van der Waals surface area (Å²) in [6.45, 7) is 0. The Morgan fingerprint density at radius 2 is 1.91 bits per heavy atom. The Bertz CT molecular complexity index is 1440. The van der Waals surface area contributed by atoms with Gasteiger partial charge in [0.2, 0.25) is 0 Å². The van der Waals surface area contributed by atoms with E-state index in [-0.39, 0.29) is 0 Å². The molecule has 0 aliphatic rings. The lowest BCUT2D eigenvalue weighted by molar-refractivity contribution is 0.190. The largest absolute Gasteiger partial charge is 0.465 e. The summed E-state index contributed by atoms with van der Waals surface area (Å²) in [5.41, 5.74) is 5.40. The van der Waals surface area contributed by atoms with Crippen LogP contribution in [0.4, 0.5) is 4.79 Å². The lowest BCUT2D eigenvalue weighted by Crippen LogP contribution is -2.29. The predicted molar refractivity (Wildman–Crippen MR) is 123 cm³/mol. The van der Waals surface area contributed by atoms with Gasteiger partial charge >= 0.3 is 6.09 Å². The molecule has 0 saturated carbocycles. The molecule has 0 bridgehead atoms. The summed E-state index contributed by atoms with van der Waals surface area (Å²) in [5.74, 6) is 0. The Labute approximate surface area is 189 Å². The Morgan fingerprint density at radius 3 is 2.73 bits per heavy atom. The number of carbonyl (C=O) groups is 1. The second kappa shape index (κ2) is 8.58. The first kappa shape index (κ1) is 20.4. The molecule has 0 unspecified atom stereocenters. The highest BCUT2D eigenvalue weighted by molar-refractivity contribution is 5.92. The monoisotopic (exact) mass is 439 g/mol. The third kappa shape index (κ3) is 4.18. The fourth-order valence-corrected chi connectivity index (χ4v) is 4.00. The van der Waals surface area contributed by atoms with Crippen molar-refractivity contribution in [1.82, 2.24) is 25.2 Å². The van der Waals surface area contributed by atoms with Gasteiger partial charge in [-0.3, -0.25) is 9.67 Å². The lowest BCUT2D eigenvalue weighted by Gasteiger charge is -2.20. The van der Waals surface area contributed by atoms with Gasteiger partial charge in [-0.05, 0) is 29.8 Å². The molecule has 164 valence electrons. The van der Waals surface area contributed by atoms with Gasteiger partial charge in [0, 0.05) is 41.9 Å². The fourth-order valence-electron chi connectivity index (χ4n) is 4.00. The molecule has 0 radical (unpaired) electrons. The summed E-state index contributed by atoms with van der Waals surface area (Å²) >= 11 is 0. The molecule has 0 aliphatic carbocycles. The van der Waals surface area contributed by atoms with E-state index in [1.807, 2.05) is 80.0 Å². The number of aryl methyl sites for hydroxylation is 1.